The summed E-state index contributed by atoms with van der Waals surface area (Å²) < 4.78 is 2.09. The lowest BCUT2D eigenvalue weighted by molar-refractivity contribution is 0.0938. The molecular formula is C21H23N3O. The van der Waals surface area contributed by atoms with Crippen LogP contribution in [0.2, 0.25) is 0 Å². The summed E-state index contributed by atoms with van der Waals surface area (Å²) in [7, 11) is 0. The van der Waals surface area contributed by atoms with E-state index in [1.807, 2.05) is 24.5 Å². The lowest BCUT2D eigenvalue weighted by Gasteiger charge is -2.12. The zero-order chi connectivity index (χ0) is 17.4. The summed E-state index contributed by atoms with van der Waals surface area (Å²) in [5.74, 6) is 0.00914. The number of imidazole rings is 1. The van der Waals surface area contributed by atoms with Crippen LogP contribution in [0.15, 0.2) is 42.7 Å². The molecule has 0 unspecified atom stereocenters. The van der Waals surface area contributed by atoms with E-state index >= 15 is 0 Å². The first-order valence-corrected chi connectivity index (χ1v) is 8.97. The number of hydrogen-bond acceptors (Lipinski definition) is 2. The third kappa shape index (κ3) is 3.04. The molecule has 1 amide bonds. The largest absolute Gasteiger partial charge is 0.349 e. The smallest absolute Gasteiger partial charge is 0.251 e. The third-order valence-electron chi connectivity index (χ3n) is 5.11. The van der Waals surface area contributed by atoms with Crippen molar-refractivity contribution in [3.05, 3.63) is 59.4 Å². The standard InChI is InChI=1S/C21H23N3O/c1-14-7-9-19(15(2)11-14)24-13-22-18-12-16(8-10-20(18)24)21(25)23-17-5-3-4-6-17/h7-13,17H,3-6H2,1-2H3,(H,23,25). The molecule has 0 radical (unpaired) electrons. The van der Waals surface area contributed by atoms with Crippen LogP contribution in [0, 0.1) is 13.8 Å². The van der Waals surface area contributed by atoms with Crippen molar-refractivity contribution >= 4 is 16.9 Å². The fourth-order valence-corrected chi connectivity index (χ4v) is 3.76. The molecule has 1 N–H and O–H groups in total. The van der Waals surface area contributed by atoms with E-state index in [0.29, 0.717) is 11.6 Å². The van der Waals surface area contributed by atoms with E-state index in [1.54, 1.807) is 0 Å². The molecule has 0 bridgehead atoms. The molecule has 1 heterocycles. The van der Waals surface area contributed by atoms with Crippen molar-refractivity contribution in [3.63, 3.8) is 0 Å². The highest BCUT2D eigenvalue weighted by atomic mass is 16.1. The molecule has 2 aromatic carbocycles. The van der Waals surface area contributed by atoms with Gasteiger partial charge in [0.1, 0.15) is 6.33 Å². The maximum Gasteiger partial charge on any atom is 0.251 e. The van der Waals surface area contributed by atoms with Gasteiger partial charge in [-0.15, -0.1) is 0 Å². The number of aryl methyl sites for hydroxylation is 2. The Morgan fingerprint density at radius 3 is 2.68 bits per heavy atom. The Bertz CT molecular complexity index is 935. The quantitative estimate of drug-likeness (QED) is 0.776. The van der Waals surface area contributed by atoms with Crippen LogP contribution in [0.25, 0.3) is 16.7 Å². The predicted octanol–water partition coefficient (Wildman–Crippen LogP) is 4.31. The Kier molecular flexibility index (Phi) is 4.04. The molecule has 4 heteroatoms. The van der Waals surface area contributed by atoms with E-state index in [1.165, 1.54) is 24.0 Å². The molecule has 25 heavy (non-hydrogen) atoms. The number of carbonyl (C=O) groups is 1. The molecule has 1 fully saturated rings. The molecule has 3 aromatic rings. The average molecular weight is 333 g/mol. The summed E-state index contributed by atoms with van der Waals surface area (Å²) in [6.07, 6.45) is 6.44. The maximum absolute atomic E-state index is 12.5. The number of benzene rings is 2. The summed E-state index contributed by atoms with van der Waals surface area (Å²) in [4.78, 5) is 17.0. The SMILES string of the molecule is Cc1ccc(-n2cnc3cc(C(=O)NC4CCCC4)ccc32)c(C)c1. The van der Waals surface area contributed by atoms with Gasteiger partial charge in [-0.1, -0.05) is 30.5 Å². The van der Waals surface area contributed by atoms with Crippen molar-refractivity contribution in [2.45, 2.75) is 45.6 Å². The lowest BCUT2D eigenvalue weighted by Crippen LogP contribution is -2.32. The van der Waals surface area contributed by atoms with Crippen LogP contribution < -0.4 is 5.32 Å². The molecule has 0 saturated heterocycles. The van der Waals surface area contributed by atoms with Gasteiger partial charge in [-0.25, -0.2) is 4.98 Å². The summed E-state index contributed by atoms with van der Waals surface area (Å²) in [6, 6.07) is 12.5. The van der Waals surface area contributed by atoms with Gasteiger partial charge in [0, 0.05) is 11.6 Å². The minimum atomic E-state index is 0.00914. The van der Waals surface area contributed by atoms with Crippen LogP contribution in [0.5, 0.6) is 0 Å². The van der Waals surface area contributed by atoms with Crippen molar-refractivity contribution in [1.82, 2.24) is 14.9 Å². The molecule has 1 saturated carbocycles. The molecule has 0 atom stereocenters. The predicted molar refractivity (Wildman–Crippen MR) is 100 cm³/mol. The first-order chi connectivity index (χ1) is 12.1. The first-order valence-electron chi connectivity index (χ1n) is 8.97. The highest BCUT2D eigenvalue weighted by Crippen LogP contribution is 2.23. The Balaban J connectivity index is 1.65. The van der Waals surface area contributed by atoms with E-state index in [4.69, 9.17) is 0 Å². The second-order valence-corrected chi connectivity index (χ2v) is 7.06. The monoisotopic (exact) mass is 333 g/mol. The van der Waals surface area contributed by atoms with Gasteiger partial charge in [-0.3, -0.25) is 9.36 Å². The Morgan fingerprint density at radius 2 is 1.92 bits per heavy atom. The molecule has 0 spiro atoms. The van der Waals surface area contributed by atoms with Crippen LogP contribution >= 0.6 is 0 Å². The van der Waals surface area contributed by atoms with E-state index in [2.05, 4.69) is 46.9 Å². The van der Waals surface area contributed by atoms with Crippen LogP contribution in [0.4, 0.5) is 0 Å². The Labute approximate surface area is 147 Å². The molecular weight excluding hydrogens is 310 g/mol. The van der Waals surface area contributed by atoms with E-state index in [-0.39, 0.29) is 5.91 Å². The normalized spacial score (nSPS) is 15.0. The zero-order valence-corrected chi connectivity index (χ0v) is 14.7. The van der Waals surface area contributed by atoms with Gasteiger partial charge in [-0.2, -0.15) is 0 Å². The second-order valence-electron chi connectivity index (χ2n) is 7.06. The minimum absolute atomic E-state index is 0.00914. The summed E-state index contributed by atoms with van der Waals surface area (Å²) in [5.41, 5.74) is 6.13. The first kappa shape index (κ1) is 15.9. The average Bonchev–Trinajstić information content (AvgIpc) is 3.24. The van der Waals surface area contributed by atoms with Crippen molar-refractivity contribution in [3.8, 4) is 5.69 Å². The maximum atomic E-state index is 12.5. The minimum Gasteiger partial charge on any atom is -0.349 e. The molecule has 0 aliphatic heterocycles. The van der Waals surface area contributed by atoms with Gasteiger partial charge in [0.15, 0.2) is 0 Å². The highest BCUT2D eigenvalue weighted by molar-refractivity contribution is 5.97. The fourth-order valence-electron chi connectivity index (χ4n) is 3.76. The molecule has 1 aliphatic carbocycles. The number of aromatic nitrogens is 2. The van der Waals surface area contributed by atoms with Gasteiger partial charge in [0.2, 0.25) is 0 Å². The highest BCUT2D eigenvalue weighted by Gasteiger charge is 2.18. The molecule has 4 rings (SSSR count). The fraction of sp³-hybridized carbons (Fsp3) is 0.333. The molecule has 4 nitrogen and oxygen atoms in total. The van der Waals surface area contributed by atoms with Crippen LogP contribution in [0.1, 0.15) is 47.2 Å². The molecule has 1 aromatic heterocycles. The van der Waals surface area contributed by atoms with E-state index < -0.39 is 0 Å². The summed E-state index contributed by atoms with van der Waals surface area (Å²) in [5, 5.41) is 3.14. The summed E-state index contributed by atoms with van der Waals surface area (Å²) >= 11 is 0. The number of rotatable bonds is 3. The Hall–Kier alpha value is -2.62. The number of carbonyl (C=O) groups excluding carboxylic acids is 1. The van der Waals surface area contributed by atoms with Gasteiger partial charge >= 0.3 is 0 Å². The lowest BCUT2D eigenvalue weighted by atomic mass is 10.1. The van der Waals surface area contributed by atoms with Gasteiger partial charge in [-0.05, 0) is 56.5 Å². The topological polar surface area (TPSA) is 46.9 Å². The number of nitrogens with one attached hydrogen (secondary N) is 1. The van der Waals surface area contributed by atoms with Crippen LogP contribution in [0.3, 0.4) is 0 Å². The number of hydrogen-bond donors (Lipinski definition) is 1. The van der Waals surface area contributed by atoms with Crippen LogP contribution in [-0.4, -0.2) is 21.5 Å². The second kappa shape index (κ2) is 6.36. The third-order valence-corrected chi connectivity index (χ3v) is 5.11. The van der Waals surface area contributed by atoms with Crippen molar-refractivity contribution < 1.29 is 4.79 Å². The number of fused-ring (bicyclic) bond motifs is 1. The zero-order valence-electron chi connectivity index (χ0n) is 14.7. The van der Waals surface area contributed by atoms with Crippen molar-refractivity contribution in [1.29, 1.82) is 0 Å². The van der Waals surface area contributed by atoms with Gasteiger partial charge in [0.25, 0.3) is 5.91 Å². The van der Waals surface area contributed by atoms with Gasteiger partial charge < -0.3 is 5.32 Å². The van der Waals surface area contributed by atoms with Crippen molar-refractivity contribution in [2.75, 3.05) is 0 Å². The number of amides is 1. The molecule has 1 aliphatic rings. The summed E-state index contributed by atoms with van der Waals surface area (Å²) in [6.45, 7) is 4.20. The van der Waals surface area contributed by atoms with Gasteiger partial charge in [0.05, 0.1) is 16.7 Å². The number of nitrogens with zero attached hydrogens (tertiary/aromatic N) is 2. The van der Waals surface area contributed by atoms with E-state index in [9.17, 15) is 4.79 Å². The molecule has 128 valence electrons. The van der Waals surface area contributed by atoms with Crippen LogP contribution in [-0.2, 0) is 0 Å². The van der Waals surface area contributed by atoms with E-state index in [0.717, 1.165) is 29.6 Å². The van der Waals surface area contributed by atoms with Crippen molar-refractivity contribution in [2.24, 2.45) is 0 Å². The Morgan fingerprint density at radius 1 is 1.12 bits per heavy atom.